The Kier molecular flexibility index (Phi) is 7.56. The summed E-state index contributed by atoms with van der Waals surface area (Å²) in [5.41, 5.74) is 6.46. The Labute approximate surface area is 192 Å². The third kappa shape index (κ3) is 5.61. The van der Waals surface area contributed by atoms with Crippen molar-refractivity contribution in [1.82, 2.24) is 5.32 Å². The molecule has 3 aromatic carbocycles. The molecule has 1 unspecified atom stereocenters. The quantitative estimate of drug-likeness (QED) is 0.321. The van der Waals surface area contributed by atoms with Crippen LogP contribution in [0.5, 0.6) is 11.5 Å². The van der Waals surface area contributed by atoms with E-state index < -0.39 is 25.3 Å². The van der Waals surface area contributed by atoms with Gasteiger partial charge in [-0.2, -0.15) is 0 Å². The van der Waals surface area contributed by atoms with E-state index in [1.807, 2.05) is 78.9 Å². The molecule has 3 rings (SSSR count). The molecule has 0 radical (unpaired) electrons. The third-order valence-electron chi connectivity index (χ3n) is 5.26. The highest BCUT2D eigenvalue weighted by Crippen LogP contribution is 2.39. The lowest BCUT2D eigenvalue weighted by Crippen LogP contribution is -2.51. The van der Waals surface area contributed by atoms with Crippen molar-refractivity contribution in [1.29, 1.82) is 0 Å². The zero-order valence-corrected chi connectivity index (χ0v) is 19.5. The first-order valence-electron chi connectivity index (χ1n) is 10.2. The van der Waals surface area contributed by atoms with Crippen molar-refractivity contribution in [3.8, 4) is 11.5 Å². The molecule has 8 nitrogen and oxygen atoms in total. The van der Waals surface area contributed by atoms with Crippen molar-refractivity contribution in [3.63, 3.8) is 0 Å². The number of nitrogens with two attached hydrogens (primary N) is 1. The SMILES string of the molecule is COc1ccc(C(N[C@@H](C)C(=O)OP(N)(=O)O)(c2ccccc2)c2ccc(OC)cc2)cc1. The van der Waals surface area contributed by atoms with Crippen LogP contribution in [0.1, 0.15) is 23.6 Å². The van der Waals surface area contributed by atoms with Gasteiger partial charge in [-0.05, 0) is 47.9 Å². The van der Waals surface area contributed by atoms with Crippen LogP contribution in [-0.4, -0.2) is 31.1 Å². The van der Waals surface area contributed by atoms with Crippen LogP contribution in [0.4, 0.5) is 0 Å². The van der Waals surface area contributed by atoms with Gasteiger partial charge < -0.3 is 18.9 Å². The molecule has 0 amide bonds. The molecule has 3 aromatic rings. The van der Waals surface area contributed by atoms with Crippen molar-refractivity contribution >= 4 is 13.7 Å². The fourth-order valence-electron chi connectivity index (χ4n) is 3.71. The van der Waals surface area contributed by atoms with Gasteiger partial charge in [0, 0.05) is 0 Å². The lowest BCUT2D eigenvalue weighted by Gasteiger charge is -2.39. The number of ether oxygens (including phenoxy) is 2. The first-order chi connectivity index (χ1) is 15.7. The van der Waals surface area contributed by atoms with Gasteiger partial charge in [-0.15, -0.1) is 0 Å². The van der Waals surface area contributed by atoms with Gasteiger partial charge in [0.2, 0.25) is 0 Å². The van der Waals surface area contributed by atoms with Gasteiger partial charge >= 0.3 is 13.7 Å². The molecule has 0 aliphatic heterocycles. The van der Waals surface area contributed by atoms with Gasteiger partial charge in [0.15, 0.2) is 0 Å². The lowest BCUT2D eigenvalue weighted by molar-refractivity contribution is -0.137. The summed E-state index contributed by atoms with van der Waals surface area (Å²) in [4.78, 5) is 21.9. The summed E-state index contributed by atoms with van der Waals surface area (Å²) in [5, 5.41) is 3.33. The molecule has 0 heterocycles. The molecular formula is C24H27N2O6P. The fourth-order valence-corrected chi connectivity index (χ4v) is 4.13. The van der Waals surface area contributed by atoms with Crippen molar-refractivity contribution < 1.29 is 28.3 Å². The van der Waals surface area contributed by atoms with Gasteiger partial charge in [0.25, 0.3) is 0 Å². The predicted molar refractivity (Wildman–Crippen MR) is 125 cm³/mol. The Morgan fingerprint density at radius 2 is 1.30 bits per heavy atom. The van der Waals surface area contributed by atoms with E-state index in [0.717, 1.165) is 16.7 Å². The van der Waals surface area contributed by atoms with Crippen LogP contribution in [0.15, 0.2) is 78.9 Å². The topological polar surface area (TPSA) is 120 Å². The van der Waals surface area contributed by atoms with E-state index in [4.69, 9.17) is 15.0 Å². The van der Waals surface area contributed by atoms with Gasteiger partial charge in [-0.3, -0.25) is 10.1 Å². The van der Waals surface area contributed by atoms with Gasteiger partial charge in [-0.25, -0.2) is 10.1 Å². The van der Waals surface area contributed by atoms with Crippen LogP contribution in [0.25, 0.3) is 0 Å². The number of hydrogen-bond donors (Lipinski definition) is 3. The maximum atomic E-state index is 12.6. The largest absolute Gasteiger partial charge is 0.497 e. The van der Waals surface area contributed by atoms with Gasteiger partial charge in [0.05, 0.1) is 19.8 Å². The van der Waals surface area contributed by atoms with E-state index in [9.17, 15) is 14.3 Å². The Hall–Kier alpha value is -3.16. The van der Waals surface area contributed by atoms with E-state index >= 15 is 0 Å². The van der Waals surface area contributed by atoms with E-state index in [-0.39, 0.29) is 0 Å². The molecule has 0 spiro atoms. The number of carbonyl (C=O) groups is 1. The number of methoxy groups -OCH3 is 2. The Bertz CT molecular complexity index is 1070. The van der Waals surface area contributed by atoms with E-state index in [2.05, 4.69) is 9.84 Å². The first-order valence-corrected chi connectivity index (χ1v) is 11.8. The van der Waals surface area contributed by atoms with E-state index in [0.29, 0.717) is 11.5 Å². The molecule has 0 bridgehead atoms. The van der Waals surface area contributed by atoms with E-state index in [1.54, 1.807) is 21.1 Å². The average molecular weight is 470 g/mol. The summed E-state index contributed by atoms with van der Waals surface area (Å²) in [6.45, 7) is 1.54. The van der Waals surface area contributed by atoms with Crippen molar-refractivity contribution in [2.45, 2.75) is 18.5 Å². The monoisotopic (exact) mass is 470 g/mol. The third-order valence-corrected chi connectivity index (χ3v) is 5.70. The summed E-state index contributed by atoms with van der Waals surface area (Å²) in [5.74, 6) is 0.394. The maximum Gasteiger partial charge on any atom is 0.455 e. The molecule has 0 aliphatic rings. The first kappa shape index (κ1) is 24.5. The van der Waals surface area contributed by atoms with Crippen LogP contribution in [0.3, 0.4) is 0 Å². The van der Waals surface area contributed by atoms with Crippen LogP contribution < -0.4 is 20.3 Å². The molecule has 2 atom stereocenters. The summed E-state index contributed by atoms with van der Waals surface area (Å²) < 4.78 is 26.7. The molecule has 0 aromatic heterocycles. The second-order valence-corrected chi connectivity index (χ2v) is 8.72. The minimum Gasteiger partial charge on any atom is -0.497 e. The second kappa shape index (κ2) is 10.2. The molecule has 174 valence electrons. The Morgan fingerprint density at radius 1 is 0.879 bits per heavy atom. The average Bonchev–Trinajstić information content (AvgIpc) is 2.82. The highest BCUT2D eigenvalue weighted by atomic mass is 31.2. The zero-order chi connectivity index (χ0) is 24.1. The fraction of sp³-hybridized carbons (Fsp3) is 0.208. The highest BCUT2D eigenvalue weighted by molar-refractivity contribution is 7.50. The van der Waals surface area contributed by atoms with Gasteiger partial charge in [0.1, 0.15) is 17.5 Å². The molecule has 0 saturated heterocycles. The molecule has 0 saturated carbocycles. The summed E-state index contributed by atoms with van der Waals surface area (Å²) >= 11 is 0. The standard InChI is InChI=1S/C24H27N2O6P/c1-17(23(27)32-33(25,28)29)26-24(18-7-5-4-6-8-18,19-9-13-21(30-2)14-10-19)20-11-15-22(31-3)16-12-20/h4-17,26H,1-3H3,(H3,25,28,29)/t17-/m0/s1. The van der Waals surface area contributed by atoms with Crippen molar-refractivity contribution in [3.05, 3.63) is 95.6 Å². The molecule has 0 aliphatic carbocycles. The van der Waals surface area contributed by atoms with Crippen molar-refractivity contribution in [2.24, 2.45) is 5.50 Å². The normalized spacial score (nSPS) is 14.1. The lowest BCUT2D eigenvalue weighted by atomic mass is 9.76. The molecule has 9 heteroatoms. The van der Waals surface area contributed by atoms with Crippen LogP contribution in [0, 0.1) is 0 Å². The molecule has 33 heavy (non-hydrogen) atoms. The zero-order valence-electron chi connectivity index (χ0n) is 18.6. The van der Waals surface area contributed by atoms with Crippen LogP contribution >= 0.6 is 7.75 Å². The molecule has 0 fully saturated rings. The maximum absolute atomic E-state index is 12.6. The predicted octanol–water partition coefficient (Wildman–Crippen LogP) is 3.58. The van der Waals surface area contributed by atoms with E-state index in [1.165, 1.54) is 0 Å². The number of carbonyl (C=O) groups excluding carboxylic acids is 1. The van der Waals surface area contributed by atoms with Crippen LogP contribution in [0.2, 0.25) is 0 Å². The van der Waals surface area contributed by atoms with Crippen molar-refractivity contribution in [2.75, 3.05) is 14.2 Å². The Morgan fingerprint density at radius 3 is 1.70 bits per heavy atom. The summed E-state index contributed by atoms with van der Waals surface area (Å²) in [7, 11) is -1.34. The Balaban J connectivity index is 2.22. The summed E-state index contributed by atoms with van der Waals surface area (Å²) in [6, 6.07) is 23.4. The number of nitrogens with one attached hydrogen (secondary N) is 1. The number of hydrogen-bond acceptors (Lipinski definition) is 6. The highest BCUT2D eigenvalue weighted by Gasteiger charge is 2.40. The smallest absolute Gasteiger partial charge is 0.455 e. The summed E-state index contributed by atoms with van der Waals surface area (Å²) in [6.07, 6.45) is 0. The molecule has 4 N–H and O–H groups in total. The number of rotatable bonds is 9. The second-order valence-electron chi connectivity index (χ2n) is 7.41. The molecular weight excluding hydrogens is 443 g/mol. The minimum atomic E-state index is -4.50. The minimum absolute atomic E-state index is 0.673. The van der Waals surface area contributed by atoms with Gasteiger partial charge in [-0.1, -0.05) is 54.6 Å². The van der Waals surface area contributed by atoms with Crippen LogP contribution in [-0.2, 0) is 19.4 Å². The number of benzene rings is 3.